The van der Waals surface area contributed by atoms with Gasteiger partial charge in [0.15, 0.2) is 16.6 Å². The van der Waals surface area contributed by atoms with Crippen molar-refractivity contribution in [2.45, 2.75) is 64.1 Å². The molecule has 2 fully saturated rings. The van der Waals surface area contributed by atoms with Crippen molar-refractivity contribution >= 4 is 16.5 Å². The molecule has 168 valence electrons. The highest BCUT2D eigenvalue weighted by Crippen LogP contribution is 2.52. The Hall–Kier alpha value is -1.83. The fourth-order valence-corrected chi connectivity index (χ4v) is 6.42. The molecule has 31 heavy (non-hydrogen) atoms. The summed E-state index contributed by atoms with van der Waals surface area (Å²) in [6, 6.07) is 7.11. The Balaban J connectivity index is 1.37. The summed E-state index contributed by atoms with van der Waals surface area (Å²) in [7, 11) is 1.81. The van der Waals surface area contributed by atoms with E-state index in [1.165, 1.54) is 23.3 Å². The Morgan fingerprint density at radius 2 is 2.10 bits per heavy atom. The molecule has 0 bridgehead atoms. The Kier molecular flexibility index (Phi) is 5.39. The molecule has 1 unspecified atom stereocenters. The lowest BCUT2D eigenvalue weighted by molar-refractivity contribution is 0.0460. The van der Waals surface area contributed by atoms with Gasteiger partial charge in [-0.15, -0.1) is 11.3 Å². The van der Waals surface area contributed by atoms with Gasteiger partial charge >= 0.3 is 0 Å². The van der Waals surface area contributed by atoms with Crippen LogP contribution in [0.25, 0.3) is 0 Å². The van der Waals surface area contributed by atoms with E-state index < -0.39 is 0 Å². The lowest BCUT2D eigenvalue weighted by Crippen LogP contribution is -2.41. The molecular formula is C24H33N3O3S. The maximum atomic E-state index is 5.59. The van der Waals surface area contributed by atoms with Crippen molar-refractivity contribution in [2.75, 3.05) is 32.4 Å². The summed E-state index contributed by atoms with van der Waals surface area (Å²) in [5, 5.41) is 4.76. The van der Waals surface area contributed by atoms with Crippen LogP contribution >= 0.6 is 11.3 Å². The standard InChI is InChI=1S/C24H33N3O3S/c1-23(2,3)21(27-11-5-6-17(27)14-28-4)20-13-25-22(31-20)26-24(9-10-24)16-7-8-18-19(12-16)30-15-29-18/h7-8,12-13,17,21H,5-6,9-11,14-15H2,1-4H3,(H,25,26)/t17-,21?/m0/s1. The molecule has 2 aromatic rings. The maximum absolute atomic E-state index is 5.59. The molecule has 1 aromatic heterocycles. The highest BCUT2D eigenvalue weighted by atomic mass is 32.1. The van der Waals surface area contributed by atoms with Crippen LogP contribution in [0.1, 0.15) is 62.9 Å². The minimum atomic E-state index is -0.0421. The number of hydrogen-bond acceptors (Lipinski definition) is 7. The first-order valence-corrected chi connectivity index (χ1v) is 12.1. The van der Waals surface area contributed by atoms with Crippen molar-refractivity contribution in [3.05, 3.63) is 34.8 Å². The summed E-state index contributed by atoms with van der Waals surface area (Å²) in [5.74, 6) is 1.68. The molecule has 5 rings (SSSR count). The number of benzene rings is 1. The Labute approximate surface area is 188 Å². The zero-order valence-corrected chi connectivity index (χ0v) is 19.8. The summed E-state index contributed by atoms with van der Waals surface area (Å²) in [6.45, 7) is 9.23. The number of fused-ring (bicyclic) bond motifs is 1. The van der Waals surface area contributed by atoms with Crippen LogP contribution in [-0.2, 0) is 10.3 Å². The second kappa shape index (κ2) is 7.94. The molecule has 3 aliphatic rings. The maximum Gasteiger partial charge on any atom is 0.231 e. The van der Waals surface area contributed by atoms with Gasteiger partial charge in [0, 0.05) is 24.2 Å². The van der Waals surface area contributed by atoms with Gasteiger partial charge in [0.25, 0.3) is 0 Å². The fraction of sp³-hybridized carbons (Fsp3) is 0.625. The van der Waals surface area contributed by atoms with Gasteiger partial charge in [-0.3, -0.25) is 4.90 Å². The van der Waals surface area contributed by atoms with E-state index >= 15 is 0 Å². The summed E-state index contributed by atoms with van der Waals surface area (Å²) < 4.78 is 16.6. The van der Waals surface area contributed by atoms with Crippen LogP contribution in [0.5, 0.6) is 11.5 Å². The van der Waals surface area contributed by atoms with Crippen molar-refractivity contribution in [3.8, 4) is 11.5 Å². The molecule has 0 spiro atoms. The van der Waals surface area contributed by atoms with Crippen LogP contribution in [0.15, 0.2) is 24.4 Å². The van der Waals surface area contributed by atoms with E-state index in [9.17, 15) is 0 Å². The monoisotopic (exact) mass is 443 g/mol. The first-order chi connectivity index (χ1) is 14.9. The van der Waals surface area contributed by atoms with Gasteiger partial charge in [0.2, 0.25) is 6.79 Å². The molecule has 1 N–H and O–H groups in total. The number of anilines is 1. The summed E-state index contributed by atoms with van der Waals surface area (Å²) in [6.07, 6.45) is 6.73. The Morgan fingerprint density at radius 1 is 1.29 bits per heavy atom. The largest absolute Gasteiger partial charge is 0.454 e. The van der Waals surface area contributed by atoms with Crippen LogP contribution in [-0.4, -0.2) is 43.0 Å². The third kappa shape index (κ3) is 4.03. The average Bonchev–Trinajstić information content (AvgIpc) is 3.08. The molecular weight excluding hydrogens is 410 g/mol. The number of nitrogens with zero attached hydrogens (tertiary/aromatic N) is 2. The average molecular weight is 444 g/mol. The molecule has 6 nitrogen and oxygen atoms in total. The van der Waals surface area contributed by atoms with Crippen molar-refractivity contribution in [1.29, 1.82) is 0 Å². The van der Waals surface area contributed by atoms with Crippen LogP contribution in [0, 0.1) is 5.41 Å². The van der Waals surface area contributed by atoms with E-state index in [4.69, 9.17) is 19.2 Å². The lowest BCUT2D eigenvalue weighted by atomic mass is 9.84. The second-order valence-corrected chi connectivity index (χ2v) is 11.2. The number of likely N-dealkylation sites (tertiary alicyclic amines) is 1. The molecule has 7 heteroatoms. The Morgan fingerprint density at radius 3 is 2.84 bits per heavy atom. The minimum Gasteiger partial charge on any atom is -0.454 e. The van der Waals surface area contributed by atoms with E-state index in [0.29, 0.717) is 18.9 Å². The smallest absolute Gasteiger partial charge is 0.231 e. The Bertz CT molecular complexity index is 934. The third-order valence-electron chi connectivity index (χ3n) is 6.75. The number of hydrogen-bond donors (Lipinski definition) is 1. The van der Waals surface area contributed by atoms with Crippen LogP contribution in [0.4, 0.5) is 5.13 Å². The van der Waals surface area contributed by atoms with Crippen molar-refractivity contribution in [1.82, 2.24) is 9.88 Å². The van der Waals surface area contributed by atoms with Gasteiger partial charge in [-0.2, -0.15) is 0 Å². The fourth-order valence-electron chi connectivity index (χ4n) is 5.14. The summed E-state index contributed by atoms with van der Waals surface area (Å²) in [4.78, 5) is 8.79. The van der Waals surface area contributed by atoms with Gasteiger partial charge in [0.1, 0.15) is 0 Å². The SMILES string of the molecule is COC[C@@H]1CCCN1C(c1cnc(NC2(c3ccc4c(c3)OCO4)CC2)s1)C(C)(C)C. The number of nitrogens with one attached hydrogen (secondary N) is 1. The van der Waals surface area contributed by atoms with Crippen LogP contribution in [0.2, 0.25) is 0 Å². The molecule has 1 saturated heterocycles. The number of aromatic nitrogens is 1. The topological polar surface area (TPSA) is 55.9 Å². The van der Waals surface area contributed by atoms with Gasteiger partial charge in [-0.05, 0) is 55.3 Å². The highest BCUT2D eigenvalue weighted by Gasteiger charge is 2.46. The number of ether oxygens (including phenoxy) is 3. The first-order valence-electron chi connectivity index (χ1n) is 11.3. The number of rotatable bonds is 7. The normalized spacial score (nSPS) is 23.2. The lowest BCUT2D eigenvalue weighted by Gasteiger charge is -2.40. The van der Waals surface area contributed by atoms with E-state index in [1.54, 1.807) is 11.3 Å². The zero-order valence-electron chi connectivity index (χ0n) is 18.9. The van der Waals surface area contributed by atoms with Crippen molar-refractivity contribution in [3.63, 3.8) is 0 Å². The molecule has 1 saturated carbocycles. The van der Waals surface area contributed by atoms with E-state index in [0.717, 1.165) is 42.6 Å². The van der Waals surface area contributed by atoms with E-state index in [2.05, 4.69) is 49.3 Å². The quantitative estimate of drug-likeness (QED) is 0.637. The van der Waals surface area contributed by atoms with E-state index in [1.807, 2.05) is 13.2 Å². The van der Waals surface area contributed by atoms with Crippen LogP contribution < -0.4 is 14.8 Å². The summed E-state index contributed by atoms with van der Waals surface area (Å²) in [5.41, 5.74) is 1.33. The van der Waals surface area contributed by atoms with Crippen molar-refractivity contribution in [2.24, 2.45) is 5.41 Å². The molecule has 0 amide bonds. The second-order valence-electron chi connectivity index (χ2n) is 10.1. The highest BCUT2D eigenvalue weighted by molar-refractivity contribution is 7.15. The van der Waals surface area contributed by atoms with Crippen LogP contribution in [0.3, 0.4) is 0 Å². The molecule has 2 atom stereocenters. The van der Waals surface area contributed by atoms with E-state index in [-0.39, 0.29) is 11.0 Å². The molecule has 1 aromatic carbocycles. The summed E-state index contributed by atoms with van der Waals surface area (Å²) >= 11 is 1.80. The number of methoxy groups -OCH3 is 1. The molecule has 2 aliphatic heterocycles. The molecule has 3 heterocycles. The van der Waals surface area contributed by atoms with Gasteiger partial charge in [0.05, 0.1) is 18.2 Å². The first kappa shape index (κ1) is 21.0. The van der Waals surface area contributed by atoms with Gasteiger partial charge in [-0.25, -0.2) is 4.98 Å². The minimum absolute atomic E-state index is 0.0421. The van der Waals surface area contributed by atoms with Gasteiger partial charge in [-0.1, -0.05) is 26.8 Å². The number of thiazole rings is 1. The molecule has 0 radical (unpaired) electrons. The third-order valence-corrected chi connectivity index (χ3v) is 7.71. The molecule has 1 aliphatic carbocycles. The van der Waals surface area contributed by atoms with Crippen molar-refractivity contribution < 1.29 is 14.2 Å². The predicted octanol–water partition coefficient (Wildman–Crippen LogP) is 5.17. The van der Waals surface area contributed by atoms with Gasteiger partial charge < -0.3 is 19.5 Å². The zero-order chi connectivity index (χ0) is 21.6. The predicted molar refractivity (Wildman–Crippen MR) is 123 cm³/mol.